The summed E-state index contributed by atoms with van der Waals surface area (Å²) in [4.78, 5) is 0. The maximum atomic E-state index is 5.40. The number of hydrogen-bond acceptors (Lipinski definition) is 3. The first-order chi connectivity index (χ1) is 3.93. The first-order valence-electron chi connectivity index (χ1n) is 2.92. The van der Waals surface area contributed by atoms with Crippen molar-refractivity contribution in [3.8, 4) is 0 Å². The average molecular weight is 133 g/mol. The van der Waals surface area contributed by atoms with Crippen LogP contribution in [0.2, 0.25) is 0 Å². The lowest BCUT2D eigenvalue weighted by Gasteiger charge is -2.17. The normalized spacial score (nSPS) is 30.4. The van der Waals surface area contributed by atoms with Crippen LogP contribution in [0.4, 0.5) is 0 Å². The molecule has 1 fully saturated rings. The quantitative estimate of drug-likeness (QED) is 0.537. The molecule has 0 aromatic heterocycles. The van der Waals surface area contributed by atoms with Crippen LogP contribution in [0.25, 0.3) is 0 Å². The molecule has 1 atom stereocenters. The van der Waals surface area contributed by atoms with E-state index in [1.54, 1.807) is 0 Å². The van der Waals surface area contributed by atoms with Crippen LogP contribution in [0.5, 0.6) is 0 Å². The van der Waals surface area contributed by atoms with Gasteiger partial charge >= 0.3 is 0 Å². The molecule has 0 spiro atoms. The topological polar surface area (TPSA) is 35.2 Å². The number of nitrogens with two attached hydrogens (primary N) is 1. The number of hydrogen-bond donors (Lipinski definition) is 1. The maximum Gasteiger partial charge on any atom is 0.0614 e. The van der Waals surface area contributed by atoms with E-state index in [0.717, 1.165) is 13.2 Å². The molecule has 1 rings (SSSR count). The third-order valence-electron chi connectivity index (χ3n) is 1.22. The summed E-state index contributed by atoms with van der Waals surface area (Å²) in [6.45, 7) is 1.66. The van der Waals surface area contributed by atoms with Crippen LogP contribution in [0.3, 0.4) is 0 Å². The fourth-order valence-electron chi connectivity index (χ4n) is 0.720. The standard InChI is InChI=1S/C5H11NOS/c6-4-5-2-1-3-7-8-5/h5H,1-4,6H2. The Kier molecular flexibility index (Phi) is 2.66. The highest BCUT2D eigenvalue weighted by molar-refractivity contribution is 7.95. The highest BCUT2D eigenvalue weighted by atomic mass is 32.2. The molecule has 3 heteroatoms. The van der Waals surface area contributed by atoms with Gasteiger partial charge in [-0.3, -0.25) is 0 Å². The molecular weight excluding hydrogens is 122 g/mol. The van der Waals surface area contributed by atoms with Crippen LogP contribution in [0.15, 0.2) is 0 Å². The predicted molar refractivity (Wildman–Crippen MR) is 35.6 cm³/mol. The van der Waals surface area contributed by atoms with Gasteiger partial charge in [0.15, 0.2) is 0 Å². The van der Waals surface area contributed by atoms with E-state index in [1.165, 1.54) is 24.9 Å². The van der Waals surface area contributed by atoms with Crippen molar-refractivity contribution in [2.24, 2.45) is 5.73 Å². The molecule has 48 valence electrons. The fourth-order valence-corrected chi connectivity index (χ4v) is 1.47. The Morgan fingerprint density at radius 1 is 1.75 bits per heavy atom. The molecule has 0 aromatic carbocycles. The Labute approximate surface area is 54.0 Å². The summed E-state index contributed by atoms with van der Waals surface area (Å²) in [7, 11) is 0. The van der Waals surface area contributed by atoms with Gasteiger partial charge in [0.25, 0.3) is 0 Å². The van der Waals surface area contributed by atoms with Crippen LogP contribution < -0.4 is 5.73 Å². The molecule has 8 heavy (non-hydrogen) atoms. The summed E-state index contributed by atoms with van der Waals surface area (Å²) in [5.74, 6) is 0. The highest BCUT2D eigenvalue weighted by Gasteiger charge is 2.11. The van der Waals surface area contributed by atoms with Crippen molar-refractivity contribution < 1.29 is 4.18 Å². The molecule has 0 radical (unpaired) electrons. The van der Waals surface area contributed by atoms with Gasteiger partial charge < -0.3 is 9.92 Å². The molecule has 2 N–H and O–H groups in total. The third kappa shape index (κ3) is 1.65. The minimum absolute atomic E-state index is 0.559. The molecule has 0 saturated carbocycles. The van der Waals surface area contributed by atoms with Gasteiger partial charge in [0.2, 0.25) is 0 Å². The van der Waals surface area contributed by atoms with Gasteiger partial charge in [0, 0.05) is 11.8 Å². The zero-order chi connectivity index (χ0) is 5.82. The summed E-state index contributed by atoms with van der Waals surface area (Å²) in [6, 6.07) is 0. The monoisotopic (exact) mass is 133 g/mol. The first kappa shape index (κ1) is 6.39. The van der Waals surface area contributed by atoms with E-state index in [2.05, 4.69) is 0 Å². The summed E-state index contributed by atoms with van der Waals surface area (Å²) < 4.78 is 5.11. The zero-order valence-electron chi connectivity index (χ0n) is 4.80. The SMILES string of the molecule is NCC1CCCOS1. The van der Waals surface area contributed by atoms with Crippen molar-refractivity contribution in [2.75, 3.05) is 13.2 Å². The van der Waals surface area contributed by atoms with E-state index in [-0.39, 0.29) is 0 Å². The lowest BCUT2D eigenvalue weighted by molar-refractivity contribution is 0.331. The van der Waals surface area contributed by atoms with Gasteiger partial charge in [-0.15, -0.1) is 0 Å². The highest BCUT2D eigenvalue weighted by Crippen LogP contribution is 2.21. The minimum Gasteiger partial charge on any atom is -0.329 e. The van der Waals surface area contributed by atoms with E-state index in [0.29, 0.717) is 5.25 Å². The van der Waals surface area contributed by atoms with Gasteiger partial charge in [-0.1, -0.05) is 0 Å². The smallest absolute Gasteiger partial charge is 0.0614 e. The zero-order valence-corrected chi connectivity index (χ0v) is 5.62. The van der Waals surface area contributed by atoms with E-state index >= 15 is 0 Å². The molecule has 0 bridgehead atoms. The van der Waals surface area contributed by atoms with Crippen molar-refractivity contribution in [3.05, 3.63) is 0 Å². The van der Waals surface area contributed by atoms with E-state index < -0.39 is 0 Å². The van der Waals surface area contributed by atoms with Crippen molar-refractivity contribution in [2.45, 2.75) is 18.1 Å². The Balaban J connectivity index is 2.13. The second-order valence-corrected chi connectivity index (χ2v) is 3.01. The Morgan fingerprint density at radius 3 is 3.00 bits per heavy atom. The van der Waals surface area contributed by atoms with Gasteiger partial charge in [0.05, 0.1) is 6.61 Å². The third-order valence-corrected chi connectivity index (χ3v) is 2.22. The molecule has 1 aliphatic rings. The van der Waals surface area contributed by atoms with Crippen molar-refractivity contribution in [3.63, 3.8) is 0 Å². The molecule has 0 amide bonds. The lowest BCUT2D eigenvalue weighted by atomic mass is 10.2. The second-order valence-electron chi connectivity index (χ2n) is 1.92. The summed E-state index contributed by atoms with van der Waals surface area (Å²) >= 11 is 1.54. The molecule has 1 saturated heterocycles. The van der Waals surface area contributed by atoms with Crippen LogP contribution in [0, 0.1) is 0 Å². The predicted octanol–water partition coefficient (Wildman–Crippen LogP) is 0.772. The van der Waals surface area contributed by atoms with Gasteiger partial charge in [-0.05, 0) is 24.9 Å². The molecular formula is C5H11NOS. The molecule has 2 nitrogen and oxygen atoms in total. The van der Waals surface area contributed by atoms with Crippen LogP contribution >= 0.6 is 12.0 Å². The average Bonchev–Trinajstić information content (AvgIpc) is 1.90. The van der Waals surface area contributed by atoms with Crippen molar-refractivity contribution >= 4 is 12.0 Å². The molecule has 0 aliphatic carbocycles. The summed E-state index contributed by atoms with van der Waals surface area (Å²) in [6.07, 6.45) is 2.40. The molecule has 1 unspecified atom stereocenters. The van der Waals surface area contributed by atoms with Crippen LogP contribution in [-0.2, 0) is 4.18 Å². The van der Waals surface area contributed by atoms with E-state index in [9.17, 15) is 0 Å². The maximum absolute atomic E-state index is 5.40. The summed E-state index contributed by atoms with van der Waals surface area (Å²) in [5.41, 5.74) is 5.40. The molecule has 1 aliphatic heterocycles. The number of rotatable bonds is 1. The lowest BCUT2D eigenvalue weighted by Crippen LogP contribution is -2.20. The largest absolute Gasteiger partial charge is 0.329 e. The van der Waals surface area contributed by atoms with Gasteiger partial charge in [-0.25, -0.2) is 0 Å². The first-order valence-corrected chi connectivity index (χ1v) is 3.72. The van der Waals surface area contributed by atoms with Gasteiger partial charge in [-0.2, -0.15) is 0 Å². The Bertz CT molecular complexity index is 63.4. The van der Waals surface area contributed by atoms with Crippen molar-refractivity contribution in [1.29, 1.82) is 0 Å². The Hall–Kier alpha value is 0.270. The van der Waals surface area contributed by atoms with Crippen molar-refractivity contribution in [1.82, 2.24) is 0 Å². The van der Waals surface area contributed by atoms with Crippen LogP contribution in [-0.4, -0.2) is 18.4 Å². The Morgan fingerprint density at radius 2 is 2.62 bits per heavy atom. The molecule has 1 heterocycles. The molecule has 0 aromatic rings. The summed E-state index contributed by atoms with van der Waals surface area (Å²) in [5, 5.41) is 0.559. The minimum atomic E-state index is 0.559. The van der Waals surface area contributed by atoms with Gasteiger partial charge in [0.1, 0.15) is 0 Å². The van der Waals surface area contributed by atoms with E-state index in [1.807, 2.05) is 0 Å². The fraction of sp³-hybridized carbons (Fsp3) is 1.00. The van der Waals surface area contributed by atoms with E-state index in [4.69, 9.17) is 9.92 Å². The second kappa shape index (κ2) is 3.33. The van der Waals surface area contributed by atoms with Crippen LogP contribution in [0.1, 0.15) is 12.8 Å².